The van der Waals surface area contributed by atoms with Gasteiger partial charge in [0.15, 0.2) is 0 Å². The van der Waals surface area contributed by atoms with Crippen LogP contribution in [-0.2, 0) is 6.54 Å². The fourth-order valence-corrected chi connectivity index (χ4v) is 4.37. The maximum atomic E-state index is 12.8. The number of anilines is 1. The van der Waals surface area contributed by atoms with Crippen molar-refractivity contribution in [3.63, 3.8) is 0 Å². The third-order valence-corrected chi connectivity index (χ3v) is 6.05. The van der Waals surface area contributed by atoms with Crippen LogP contribution in [0.5, 0.6) is 0 Å². The van der Waals surface area contributed by atoms with Crippen LogP contribution in [0.4, 0.5) is 5.95 Å². The van der Waals surface area contributed by atoms with Crippen LogP contribution >= 0.6 is 11.6 Å². The molecule has 154 valence electrons. The first kappa shape index (κ1) is 19.1. The van der Waals surface area contributed by atoms with Gasteiger partial charge < -0.3 is 4.90 Å². The number of aromatic nitrogens is 4. The Morgan fingerprint density at radius 2 is 1.73 bits per heavy atom. The minimum Gasteiger partial charge on any atom is -0.341 e. The third-order valence-electron chi connectivity index (χ3n) is 5.81. The van der Waals surface area contributed by atoms with E-state index >= 15 is 0 Å². The average Bonchev–Trinajstić information content (AvgIpc) is 2.91. The number of nitrogens with zero attached hydrogens (tertiary/aromatic N) is 5. The first-order valence-corrected chi connectivity index (χ1v) is 10.9. The van der Waals surface area contributed by atoms with Crippen LogP contribution in [0.2, 0.25) is 5.02 Å². The van der Waals surface area contributed by atoms with Gasteiger partial charge in [-0.1, -0.05) is 54.3 Å². The summed E-state index contributed by atoms with van der Waals surface area (Å²) in [6, 6.07) is 13.8. The zero-order valence-electron chi connectivity index (χ0n) is 17.0. The summed E-state index contributed by atoms with van der Waals surface area (Å²) < 4.78 is 3.87. The van der Waals surface area contributed by atoms with Gasteiger partial charge in [0.2, 0.25) is 11.7 Å². The van der Waals surface area contributed by atoms with E-state index in [9.17, 15) is 4.79 Å². The molecule has 1 aliphatic heterocycles. The highest BCUT2D eigenvalue weighted by molar-refractivity contribution is 6.31. The van der Waals surface area contributed by atoms with Gasteiger partial charge in [-0.2, -0.15) is 4.98 Å². The lowest BCUT2D eigenvalue weighted by molar-refractivity contribution is 0.685. The minimum atomic E-state index is -0.278. The molecule has 0 unspecified atom stereocenters. The number of rotatable bonds is 3. The minimum absolute atomic E-state index is 0.278. The lowest BCUT2D eigenvalue weighted by atomic mass is 10.1. The quantitative estimate of drug-likeness (QED) is 0.491. The largest absolute Gasteiger partial charge is 0.341 e. The van der Waals surface area contributed by atoms with Gasteiger partial charge in [-0.15, -0.1) is 5.10 Å². The van der Waals surface area contributed by atoms with E-state index in [0.29, 0.717) is 22.7 Å². The Hall–Kier alpha value is -2.86. The van der Waals surface area contributed by atoms with E-state index in [-0.39, 0.29) is 5.56 Å². The molecule has 7 heteroatoms. The Morgan fingerprint density at radius 1 is 1.00 bits per heavy atom. The Morgan fingerprint density at radius 3 is 2.47 bits per heavy atom. The molecule has 0 saturated carbocycles. The number of fused-ring (bicyclic) bond motifs is 3. The monoisotopic (exact) mass is 421 g/mol. The van der Waals surface area contributed by atoms with Crippen LogP contribution in [0.1, 0.15) is 36.8 Å². The topological polar surface area (TPSA) is 55.4 Å². The van der Waals surface area contributed by atoms with Gasteiger partial charge in [-0.25, -0.2) is 9.08 Å². The number of benzene rings is 2. The molecule has 4 aromatic rings. The summed E-state index contributed by atoms with van der Waals surface area (Å²) in [6.07, 6.45) is 4.76. The second kappa shape index (κ2) is 7.76. The van der Waals surface area contributed by atoms with Crippen LogP contribution in [0.3, 0.4) is 0 Å². The summed E-state index contributed by atoms with van der Waals surface area (Å²) in [5.74, 6) is 1.41. The standard InChI is InChI=1S/C23H24ClN5O/c1-16-6-8-17(9-7-16)15-28-22-25-21(30)19-14-18(24)10-11-20(19)29(22)23(26-28)27-12-4-2-3-5-13-27/h6-11,14H,2-5,12-13,15H2,1H3. The van der Waals surface area contributed by atoms with E-state index in [1.165, 1.54) is 18.4 Å². The summed E-state index contributed by atoms with van der Waals surface area (Å²) in [4.78, 5) is 19.5. The Bertz CT molecular complexity index is 1270. The maximum Gasteiger partial charge on any atom is 0.282 e. The Balaban J connectivity index is 1.74. The fraction of sp³-hybridized carbons (Fsp3) is 0.348. The van der Waals surface area contributed by atoms with Crippen molar-refractivity contribution in [1.29, 1.82) is 0 Å². The molecule has 3 heterocycles. The van der Waals surface area contributed by atoms with E-state index in [0.717, 1.165) is 43.0 Å². The van der Waals surface area contributed by atoms with Gasteiger partial charge in [0, 0.05) is 18.1 Å². The van der Waals surface area contributed by atoms with E-state index in [4.69, 9.17) is 16.7 Å². The second-order valence-corrected chi connectivity index (χ2v) is 8.49. The van der Waals surface area contributed by atoms with Crippen LogP contribution < -0.4 is 10.5 Å². The van der Waals surface area contributed by atoms with Crippen molar-refractivity contribution in [2.24, 2.45) is 0 Å². The van der Waals surface area contributed by atoms with Gasteiger partial charge in [-0.05, 0) is 43.5 Å². The van der Waals surface area contributed by atoms with Crippen LogP contribution in [0.25, 0.3) is 16.7 Å². The van der Waals surface area contributed by atoms with Crippen molar-refractivity contribution in [2.75, 3.05) is 18.0 Å². The van der Waals surface area contributed by atoms with Gasteiger partial charge in [0.25, 0.3) is 5.56 Å². The van der Waals surface area contributed by atoms with E-state index < -0.39 is 0 Å². The van der Waals surface area contributed by atoms with Crippen molar-refractivity contribution >= 4 is 34.2 Å². The molecule has 0 bridgehead atoms. The lowest BCUT2D eigenvalue weighted by Crippen LogP contribution is -2.26. The van der Waals surface area contributed by atoms with Crippen molar-refractivity contribution < 1.29 is 0 Å². The van der Waals surface area contributed by atoms with Crippen molar-refractivity contribution in [2.45, 2.75) is 39.2 Å². The molecule has 0 amide bonds. The molecule has 0 radical (unpaired) electrons. The molecule has 6 nitrogen and oxygen atoms in total. The van der Waals surface area contributed by atoms with Crippen LogP contribution in [0.15, 0.2) is 47.3 Å². The molecule has 30 heavy (non-hydrogen) atoms. The molecule has 1 aliphatic rings. The summed E-state index contributed by atoms with van der Waals surface area (Å²) in [7, 11) is 0. The van der Waals surface area contributed by atoms with E-state index in [1.54, 1.807) is 6.07 Å². The van der Waals surface area contributed by atoms with Gasteiger partial charge in [0.1, 0.15) is 0 Å². The van der Waals surface area contributed by atoms with Crippen LogP contribution in [-0.4, -0.2) is 32.3 Å². The molecule has 5 rings (SSSR count). The molecular weight excluding hydrogens is 398 g/mol. The Kier molecular flexibility index (Phi) is 4.95. The van der Waals surface area contributed by atoms with Gasteiger partial charge in [0.05, 0.1) is 17.4 Å². The highest BCUT2D eigenvalue weighted by Crippen LogP contribution is 2.25. The molecule has 0 atom stereocenters. The molecule has 2 aromatic carbocycles. The molecule has 0 spiro atoms. The molecule has 0 N–H and O–H groups in total. The average molecular weight is 422 g/mol. The summed E-state index contributed by atoms with van der Waals surface area (Å²) >= 11 is 6.17. The zero-order valence-corrected chi connectivity index (χ0v) is 17.8. The highest BCUT2D eigenvalue weighted by atomic mass is 35.5. The van der Waals surface area contributed by atoms with Crippen molar-refractivity contribution in [3.8, 4) is 0 Å². The first-order chi connectivity index (χ1) is 14.6. The SMILES string of the molecule is Cc1ccc(Cn2nc(N3CCCCCC3)n3c4ccc(Cl)cc4c(=O)nc23)cc1. The number of aryl methyl sites for hydroxylation is 1. The normalized spacial score (nSPS) is 15.1. The molecular formula is C23H24ClN5O. The fourth-order valence-electron chi connectivity index (χ4n) is 4.20. The summed E-state index contributed by atoms with van der Waals surface area (Å²) in [5.41, 5.74) is 2.86. The lowest BCUT2D eigenvalue weighted by Gasteiger charge is -2.20. The highest BCUT2D eigenvalue weighted by Gasteiger charge is 2.21. The van der Waals surface area contributed by atoms with Crippen molar-refractivity contribution in [1.82, 2.24) is 19.2 Å². The van der Waals surface area contributed by atoms with E-state index in [2.05, 4.69) is 41.1 Å². The van der Waals surface area contributed by atoms with Gasteiger partial charge in [-0.3, -0.25) is 4.79 Å². The molecule has 2 aromatic heterocycles. The third kappa shape index (κ3) is 3.45. The number of halogens is 1. The first-order valence-electron chi connectivity index (χ1n) is 10.5. The maximum absolute atomic E-state index is 12.8. The van der Waals surface area contributed by atoms with Crippen LogP contribution in [0, 0.1) is 6.92 Å². The summed E-state index contributed by atoms with van der Waals surface area (Å²) in [5, 5.41) is 6.01. The second-order valence-electron chi connectivity index (χ2n) is 8.06. The summed E-state index contributed by atoms with van der Waals surface area (Å²) in [6.45, 7) is 4.54. The molecule has 0 aliphatic carbocycles. The van der Waals surface area contributed by atoms with Crippen molar-refractivity contribution in [3.05, 3.63) is 69.0 Å². The smallest absolute Gasteiger partial charge is 0.282 e. The zero-order chi connectivity index (χ0) is 20.7. The number of hydrogen-bond acceptors (Lipinski definition) is 4. The Labute approximate surface area is 179 Å². The number of hydrogen-bond donors (Lipinski definition) is 0. The predicted molar refractivity (Wildman–Crippen MR) is 121 cm³/mol. The van der Waals surface area contributed by atoms with E-state index in [1.807, 2.05) is 21.2 Å². The molecule has 1 fully saturated rings. The van der Waals surface area contributed by atoms with Gasteiger partial charge >= 0.3 is 0 Å². The molecule has 1 saturated heterocycles. The predicted octanol–water partition coefficient (Wildman–Crippen LogP) is 4.43.